The fourth-order valence-corrected chi connectivity index (χ4v) is 5.86. The molecule has 0 bridgehead atoms. The molecule has 34 heavy (non-hydrogen) atoms. The number of hydrogen-bond donors (Lipinski definition) is 0. The summed E-state index contributed by atoms with van der Waals surface area (Å²) in [5.74, 6) is 1.06. The Hall–Kier alpha value is -2.28. The molecule has 0 aromatic heterocycles. The molecule has 3 aromatic rings. The maximum absolute atomic E-state index is 13.4. The molecule has 0 unspecified atom stereocenters. The van der Waals surface area contributed by atoms with Crippen molar-refractivity contribution in [3.8, 4) is 0 Å². The normalized spacial score (nSPS) is 14.1. The molecule has 176 valence electrons. The predicted octanol–water partition coefficient (Wildman–Crippen LogP) is 7.05. The Morgan fingerprint density at radius 1 is 0.941 bits per heavy atom. The van der Waals surface area contributed by atoms with Crippen molar-refractivity contribution >= 4 is 57.3 Å². The van der Waals surface area contributed by atoms with Crippen LogP contribution in [-0.4, -0.2) is 40.2 Å². The Kier molecular flexibility index (Phi) is 9.08. The maximum atomic E-state index is 13.4. The van der Waals surface area contributed by atoms with E-state index in [1.807, 2.05) is 48.7 Å². The third-order valence-electron chi connectivity index (χ3n) is 6.13. The second-order valence-electron chi connectivity index (χ2n) is 8.44. The lowest BCUT2D eigenvalue weighted by atomic mass is 9.90. The maximum Gasteiger partial charge on any atom is 0.241 e. The lowest BCUT2D eigenvalue weighted by molar-refractivity contribution is -0.115. The Morgan fingerprint density at radius 3 is 2.26 bits per heavy atom. The van der Waals surface area contributed by atoms with Crippen LogP contribution in [0.15, 0.2) is 89.8 Å². The van der Waals surface area contributed by atoms with Crippen molar-refractivity contribution in [1.29, 1.82) is 0 Å². The molecular weight excluding hydrogens is 477 g/mol. The molecule has 1 fully saturated rings. The molecule has 0 aliphatic carbocycles. The molecule has 1 aliphatic heterocycles. The smallest absolute Gasteiger partial charge is 0.241 e. The molecule has 3 aromatic carbocycles. The molecule has 1 heterocycles. The highest BCUT2D eigenvalue weighted by Crippen LogP contribution is 2.30. The van der Waals surface area contributed by atoms with Crippen LogP contribution < -0.4 is 4.90 Å². The molecule has 0 spiro atoms. The molecule has 0 radical (unpaired) electrons. The zero-order valence-electron chi connectivity index (χ0n) is 19.4. The van der Waals surface area contributed by atoms with E-state index in [-0.39, 0.29) is 5.91 Å². The molecule has 3 nitrogen and oxygen atoms in total. The SMILES string of the molecule is CSc1cccc(N(C(=O)CSC(=S)N2CCC(Cc3ccccc3)CC2)c2ccccc2)c1. The number of thioether (sulfide) groups is 2. The van der Waals surface area contributed by atoms with Gasteiger partial charge < -0.3 is 4.90 Å². The summed E-state index contributed by atoms with van der Waals surface area (Å²) in [7, 11) is 0. The first-order chi connectivity index (χ1) is 16.6. The zero-order valence-corrected chi connectivity index (χ0v) is 21.9. The number of benzene rings is 3. The molecule has 4 rings (SSSR count). The Bertz CT molecular complexity index is 1080. The summed E-state index contributed by atoms with van der Waals surface area (Å²) in [5, 5.41) is 0. The van der Waals surface area contributed by atoms with Gasteiger partial charge in [-0.15, -0.1) is 11.8 Å². The number of piperidine rings is 1. The van der Waals surface area contributed by atoms with Crippen LogP contribution >= 0.6 is 35.7 Å². The van der Waals surface area contributed by atoms with Crippen LogP contribution in [0.5, 0.6) is 0 Å². The first-order valence-electron chi connectivity index (χ1n) is 11.6. The topological polar surface area (TPSA) is 23.6 Å². The molecule has 1 amide bonds. The summed E-state index contributed by atoms with van der Waals surface area (Å²) in [6, 6.07) is 28.7. The molecule has 6 heteroatoms. The number of hydrogen-bond acceptors (Lipinski definition) is 4. The van der Waals surface area contributed by atoms with Gasteiger partial charge in [-0.05, 0) is 67.3 Å². The second kappa shape index (κ2) is 12.4. The van der Waals surface area contributed by atoms with E-state index in [0.29, 0.717) is 11.7 Å². The van der Waals surface area contributed by atoms with Gasteiger partial charge >= 0.3 is 0 Å². The number of carbonyl (C=O) groups excluding carboxylic acids is 1. The van der Waals surface area contributed by atoms with Crippen LogP contribution in [0.2, 0.25) is 0 Å². The van der Waals surface area contributed by atoms with Gasteiger partial charge in [-0.3, -0.25) is 9.69 Å². The third kappa shape index (κ3) is 6.65. The summed E-state index contributed by atoms with van der Waals surface area (Å²) in [4.78, 5) is 18.6. The fourth-order valence-electron chi connectivity index (χ4n) is 4.31. The third-order valence-corrected chi connectivity index (χ3v) is 8.37. The van der Waals surface area contributed by atoms with Crippen molar-refractivity contribution in [3.05, 3.63) is 90.5 Å². The van der Waals surface area contributed by atoms with Crippen LogP contribution in [0, 0.1) is 5.92 Å². The minimum atomic E-state index is 0.0377. The van der Waals surface area contributed by atoms with Crippen LogP contribution in [-0.2, 0) is 11.2 Å². The van der Waals surface area contributed by atoms with Gasteiger partial charge in [0, 0.05) is 23.7 Å². The lowest BCUT2D eigenvalue weighted by Crippen LogP contribution is -2.37. The molecule has 1 aliphatic rings. The van der Waals surface area contributed by atoms with Crippen LogP contribution in [0.3, 0.4) is 0 Å². The summed E-state index contributed by atoms with van der Waals surface area (Å²) >= 11 is 8.89. The van der Waals surface area contributed by atoms with Gasteiger partial charge in [-0.2, -0.15) is 0 Å². The lowest BCUT2D eigenvalue weighted by Gasteiger charge is -2.33. The summed E-state index contributed by atoms with van der Waals surface area (Å²) in [6.07, 6.45) is 5.46. The molecule has 1 saturated heterocycles. The molecule has 0 atom stereocenters. The van der Waals surface area contributed by atoms with E-state index in [2.05, 4.69) is 47.4 Å². The number of amides is 1. The van der Waals surface area contributed by atoms with E-state index >= 15 is 0 Å². The second-order valence-corrected chi connectivity index (χ2v) is 10.9. The minimum Gasteiger partial charge on any atom is -0.357 e. The van der Waals surface area contributed by atoms with Crippen molar-refractivity contribution in [3.63, 3.8) is 0 Å². The standard InChI is InChI=1S/C28H30N2OS3/c1-33-26-14-8-13-25(20-26)30(24-11-6-3-7-12-24)27(31)21-34-28(32)29-17-15-23(16-18-29)19-22-9-4-2-5-10-22/h2-14,20,23H,15-19,21H2,1H3. The van der Waals surface area contributed by atoms with Gasteiger partial charge in [-0.25, -0.2) is 0 Å². The molecular formula is C28H30N2OS3. The monoisotopic (exact) mass is 506 g/mol. The minimum absolute atomic E-state index is 0.0377. The number of nitrogens with zero attached hydrogens (tertiary/aromatic N) is 2. The number of carbonyl (C=O) groups is 1. The number of anilines is 2. The van der Waals surface area contributed by atoms with Crippen LogP contribution in [0.4, 0.5) is 11.4 Å². The van der Waals surface area contributed by atoms with Crippen molar-refractivity contribution in [2.75, 3.05) is 30.0 Å². The highest BCUT2D eigenvalue weighted by Gasteiger charge is 2.24. The summed E-state index contributed by atoms with van der Waals surface area (Å²) in [5.41, 5.74) is 3.17. The average Bonchev–Trinajstić information content (AvgIpc) is 2.89. The van der Waals surface area contributed by atoms with Crippen LogP contribution in [0.25, 0.3) is 0 Å². The van der Waals surface area contributed by atoms with E-state index in [9.17, 15) is 4.79 Å². The quantitative estimate of drug-likeness (QED) is 0.252. The van der Waals surface area contributed by atoms with E-state index < -0.39 is 0 Å². The number of rotatable bonds is 7. The Labute approximate surface area is 216 Å². The van der Waals surface area contributed by atoms with E-state index in [1.54, 1.807) is 16.7 Å². The van der Waals surface area contributed by atoms with Gasteiger partial charge in [-0.1, -0.05) is 78.6 Å². The van der Waals surface area contributed by atoms with Crippen LogP contribution in [0.1, 0.15) is 18.4 Å². The zero-order chi connectivity index (χ0) is 23.8. The highest BCUT2D eigenvalue weighted by atomic mass is 32.2. The number of para-hydroxylation sites is 1. The van der Waals surface area contributed by atoms with Gasteiger partial charge in [0.2, 0.25) is 5.91 Å². The highest BCUT2D eigenvalue weighted by molar-refractivity contribution is 8.23. The summed E-state index contributed by atoms with van der Waals surface area (Å²) < 4.78 is 0.831. The Morgan fingerprint density at radius 2 is 1.59 bits per heavy atom. The van der Waals surface area contributed by atoms with Gasteiger partial charge in [0.15, 0.2) is 0 Å². The van der Waals surface area contributed by atoms with E-state index in [4.69, 9.17) is 12.2 Å². The van der Waals surface area contributed by atoms with E-state index in [0.717, 1.165) is 52.9 Å². The van der Waals surface area contributed by atoms with Gasteiger partial charge in [0.25, 0.3) is 0 Å². The van der Waals surface area contributed by atoms with E-state index in [1.165, 1.54) is 17.3 Å². The number of likely N-dealkylation sites (tertiary alicyclic amines) is 1. The summed E-state index contributed by atoms with van der Waals surface area (Å²) in [6.45, 7) is 1.94. The fraction of sp³-hybridized carbons (Fsp3) is 0.286. The van der Waals surface area contributed by atoms with Crippen molar-refractivity contribution < 1.29 is 4.79 Å². The number of thiocarbonyl (C=S) groups is 1. The van der Waals surface area contributed by atoms with Crippen molar-refractivity contribution in [1.82, 2.24) is 4.90 Å². The van der Waals surface area contributed by atoms with Crippen molar-refractivity contribution in [2.24, 2.45) is 5.92 Å². The molecule has 0 saturated carbocycles. The predicted molar refractivity (Wildman–Crippen MR) is 151 cm³/mol. The van der Waals surface area contributed by atoms with Gasteiger partial charge in [0.1, 0.15) is 4.32 Å². The first-order valence-corrected chi connectivity index (χ1v) is 14.2. The first kappa shape index (κ1) is 24.8. The molecule has 0 N–H and O–H groups in total. The average molecular weight is 507 g/mol. The van der Waals surface area contributed by atoms with Gasteiger partial charge in [0.05, 0.1) is 11.4 Å². The Balaban J connectivity index is 1.35. The van der Waals surface area contributed by atoms with Crippen molar-refractivity contribution in [2.45, 2.75) is 24.2 Å². The largest absolute Gasteiger partial charge is 0.357 e.